The van der Waals surface area contributed by atoms with Gasteiger partial charge in [-0.2, -0.15) is 0 Å². The van der Waals surface area contributed by atoms with E-state index in [0.29, 0.717) is 5.75 Å². The number of fused-ring (bicyclic) bond motifs is 3. The Hall–Kier alpha value is -2.59. The van der Waals surface area contributed by atoms with Gasteiger partial charge in [-0.05, 0) is 48.6 Å². The number of unbranched alkanes of at least 4 members (excludes halogenated alkanes) is 1. The van der Waals surface area contributed by atoms with Crippen LogP contribution in [0.5, 0.6) is 5.75 Å². The van der Waals surface area contributed by atoms with Crippen LogP contribution in [-0.2, 0) is 6.42 Å². The van der Waals surface area contributed by atoms with Crippen molar-refractivity contribution in [3.8, 4) is 11.4 Å². The summed E-state index contributed by atoms with van der Waals surface area (Å²) in [6.45, 7) is 2.14. The first-order valence-electron chi connectivity index (χ1n) is 8.54. The highest BCUT2D eigenvalue weighted by Crippen LogP contribution is 2.35. The van der Waals surface area contributed by atoms with Crippen molar-refractivity contribution in [3.63, 3.8) is 0 Å². The number of nitrogens with zero attached hydrogens (tertiary/aromatic N) is 1. The Bertz CT molecular complexity index is 1110. The van der Waals surface area contributed by atoms with Crippen LogP contribution in [0.1, 0.15) is 25.3 Å². The van der Waals surface area contributed by atoms with Crippen LogP contribution in [0.4, 0.5) is 0 Å². The van der Waals surface area contributed by atoms with Crippen LogP contribution in [0.25, 0.3) is 26.7 Å². The number of thiophene rings is 1. The zero-order valence-electron chi connectivity index (χ0n) is 14.0. The van der Waals surface area contributed by atoms with Crippen LogP contribution in [-0.4, -0.2) is 9.67 Å². The molecule has 0 unspecified atom stereocenters. The maximum absolute atomic E-state index is 13.1. The molecule has 0 fully saturated rings. The number of phenols is 1. The number of rotatable bonds is 4. The van der Waals surface area contributed by atoms with Gasteiger partial charge in [0.2, 0.25) is 0 Å². The third-order valence-electron chi connectivity index (χ3n) is 4.63. The first-order valence-corrected chi connectivity index (χ1v) is 9.42. The Kier molecular flexibility index (Phi) is 4.06. The van der Waals surface area contributed by atoms with E-state index in [2.05, 4.69) is 6.92 Å². The van der Waals surface area contributed by atoms with E-state index >= 15 is 0 Å². The molecule has 2 aromatic heterocycles. The Morgan fingerprint density at radius 3 is 2.64 bits per heavy atom. The molecule has 0 saturated heterocycles. The molecule has 4 rings (SSSR count). The van der Waals surface area contributed by atoms with Crippen molar-refractivity contribution in [2.24, 2.45) is 0 Å². The molecule has 0 radical (unpaired) electrons. The first kappa shape index (κ1) is 15.9. The summed E-state index contributed by atoms with van der Waals surface area (Å²) < 4.78 is 2.50. The maximum atomic E-state index is 13.1. The number of phenolic OH excluding ortho intramolecular Hbond substituents is 1. The summed E-state index contributed by atoms with van der Waals surface area (Å²) in [6.07, 6.45) is 2.86. The van der Waals surface area contributed by atoms with Crippen molar-refractivity contribution in [1.82, 2.24) is 4.57 Å². The largest absolute Gasteiger partial charge is 0.508 e. The number of hydrogen-bond acceptors (Lipinski definition) is 3. The topological polar surface area (TPSA) is 42.2 Å². The van der Waals surface area contributed by atoms with E-state index in [1.54, 1.807) is 10.6 Å². The van der Waals surface area contributed by atoms with Gasteiger partial charge in [0, 0.05) is 22.0 Å². The lowest BCUT2D eigenvalue weighted by Crippen LogP contribution is -2.18. The van der Waals surface area contributed by atoms with E-state index in [0.717, 1.165) is 51.5 Å². The Morgan fingerprint density at radius 1 is 1.08 bits per heavy atom. The molecule has 3 nitrogen and oxygen atoms in total. The van der Waals surface area contributed by atoms with Gasteiger partial charge in [-0.1, -0.05) is 31.5 Å². The van der Waals surface area contributed by atoms with Crippen molar-refractivity contribution >= 4 is 32.3 Å². The van der Waals surface area contributed by atoms with E-state index in [1.807, 2.05) is 47.8 Å². The zero-order valence-corrected chi connectivity index (χ0v) is 14.8. The van der Waals surface area contributed by atoms with Gasteiger partial charge in [0.1, 0.15) is 10.4 Å². The van der Waals surface area contributed by atoms with Gasteiger partial charge in [-0.15, -0.1) is 11.3 Å². The fourth-order valence-electron chi connectivity index (χ4n) is 3.43. The van der Waals surface area contributed by atoms with Crippen molar-refractivity contribution in [1.29, 1.82) is 0 Å². The van der Waals surface area contributed by atoms with Gasteiger partial charge in [0.05, 0.1) is 5.52 Å². The second-order valence-electron chi connectivity index (χ2n) is 6.20. The van der Waals surface area contributed by atoms with Gasteiger partial charge in [0.15, 0.2) is 0 Å². The van der Waals surface area contributed by atoms with Gasteiger partial charge in [-0.25, -0.2) is 0 Å². The van der Waals surface area contributed by atoms with Crippen LogP contribution in [0.3, 0.4) is 0 Å². The number of aryl methyl sites for hydroxylation is 1. The molecule has 1 N–H and O–H groups in total. The molecule has 2 aromatic carbocycles. The number of hydrogen-bond donors (Lipinski definition) is 1. The molecule has 4 heteroatoms. The molecule has 0 aliphatic rings. The standard InChI is InChI=1S/C21H19NO2S/c1-2-3-9-15-18(23)11-10-17-19(15)16-12-13-25-20(16)21(24)22(17)14-7-5-4-6-8-14/h4-8,10-13,23H,2-3,9H2,1H3. The molecule has 2 heterocycles. The number of aromatic nitrogens is 1. The van der Waals surface area contributed by atoms with E-state index in [9.17, 15) is 9.90 Å². The molecule has 0 aliphatic heterocycles. The average molecular weight is 349 g/mol. The highest BCUT2D eigenvalue weighted by molar-refractivity contribution is 7.17. The Labute approximate surface area is 149 Å². The lowest BCUT2D eigenvalue weighted by molar-refractivity contribution is 0.468. The van der Waals surface area contributed by atoms with Crippen molar-refractivity contribution in [2.75, 3.05) is 0 Å². The molecule has 126 valence electrons. The van der Waals surface area contributed by atoms with E-state index in [-0.39, 0.29) is 5.56 Å². The Morgan fingerprint density at radius 2 is 1.88 bits per heavy atom. The number of benzene rings is 2. The molecule has 0 atom stereocenters. The smallest absolute Gasteiger partial charge is 0.273 e. The molecular weight excluding hydrogens is 330 g/mol. The van der Waals surface area contributed by atoms with E-state index < -0.39 is 0 Å². The van der Waals surface area contributed by atoms with Crippen molar-refractivity contribution in [3.05, 3.63) is 69.8 Å². The highest BCUT2D eigenvalue weighted by atomic mass is 32.1. The highest BCUT2D eigenvalue weighted by Gasteiger charge is 2.17. The molecule has 25 heavy (non-hydrogen) atoms. The summed E-state index contributed by atoms with van der Waals surface area (Å²) in [7, 11) is 0. The van der Waals surface area contributed by atoms with Gasteiger partial charge < -0.3 is 5.11 Å². The van der Waals surface area contributed by atoms with Crippen LogP contribution >= 0.6 is 11.3 Å². The van der Waals surface area contributed by atoms with E-state index in [1.165, 1.54) is 11.3 Å². The minimum absolute atomic E-state index is 0.00386. The predicted molar refractivity (Wildman–Crippen MR) is 105 cm³/mol. The van der Waals surface area contributed by atoms with Crippen molar-refractivity contribution < 1.29 is 5.11 Å². The molecule has 0 bridgehead atoms. The van der Waals surface area contributed by atoms with Crippen molar-refractivity contribution in [2.45, 2.75) is 26.2 Å². The number of aromatic hydroxyl groups is 1. The second kappa shape index (κ2) is 6.37. The molecule has 4 aromatic rings. The summed E-state index contributed by atoms with van der Waals surface area (Å²) in [6, 6.07) is 15.3. The number of para-hydroxylation sites is 1. The van der Waals surface area contributed by atoms with Crippen LogP contribution in [0.15, 0.2) is 58.7 Å². The molecule has 0 amide bonds. The summed E-state index contributed by atoms with van der Waals surface area (Å²) in [5.41, 5.74) is 2.63. The monoisotopic (exact) mass is 349 g/mol. The SMILES string of the molecule is CCCCc1c(O)ccc2c1c1ccsc1c(=O)n2-c1ccccc1. The minimum atomic E-state index is -0.00386. The van der Waals surface area contributed by atoms with Gasteiger partial charge >= 0.3 is 0 Å². The maximum Gasteiger partial charge on any atom is 0.273 e. The quantitative estimate of drug-likeness (QED) is 0.546. The van der Waals surface area contributed by atoms with Gasteiger partial charge in [-0.3, -0.25) is 9.36 Å². The van der Waals surface area contributed by atoms with Gasteiger partial charge in [0.25, 0.3) is 5.56 Å². The second-order valence-corrected chi connectivity index (χ2v) is 7.12. The Balaban J connectivity index is 2.18. The molecule has 0 saturated carbocycles. The normalized spacial score (nSPS) is 11.4. The summed E-state index contributed by atoms with van der Waals surface area (Å²) in [5, 5.41) is 14.4. The lowest BCUT2D eigenvalue weighted by Gasteiger charge is -2.15. The van der Waals surface area contributed by atoms with Crippen LogP contribution < -0.4 is 5.56 Å². The van der Waals surface area contributed by atoms with Crippen LogP contribution in [0, 0.1) is 0 Å². The average Bonchev–Trinajstić information content (AvgIpc) is 3.12. The zero-order chi connectivity index (χ0) is 17.4. The van der Waals surface area contributed by atoms with E-state index in [4.69, 9.17) is 0 Å². The number of pyridine rings is 1. The van der Waals surface area contributed by atoms with Crippen LogP contribution in [0.2, 0.25) is 0 Å². The third-order valence-corrected chi connectivity index (χ3v) is 5.54. The molecular formula is C21H19NO2S. The minimum Gasteiger partial charge on any atom is -0.508 e. The summed E-state index contributed by atoms with van der Waals surface area (Å²) in [4.78, 5) is 13.1. The lowest BCUT2D eigenvalue weighted by atomic mass is 9.99. The molecule has 0 spiro atoms. The summed E-state index contributed by atoms with van der Waals surface area (Å²) in [5.74, 6) is 0.312. The fraction of sp³-hybridized carbons (Fsp3) is 0.190. The first-order chi connectivity index (χ1) is 12.2. The fourth-order valence-corrected chi connectivity index (χ4v) is 4.26. The third kappa shape index (κ3) is 2.53. The predicted octanol–water partition coefficient (Wildman–Crippen LogP) is 5.25. The summed E-state index contributed by atoms with van der Waals surface area (Å²) >= 11 is 1.46. The molecule has 0 aliphatic carbocycles.